The van der Waals surface area contributed by atoms with Crippen molar-refractivity contribution in [2.75, 3.05) is 7.11 Å². The highest BCUT2D eigenvalue weighted by Gasteiger charge is 2.42. The van der Waals surface area contributed by atoms with Crippen LogP contribution in [0.25, 0.3) is 17.8 Å². The Bertz CT molecular complexity index is 1410. The first kappa shape index (κ1) is 21.6. The first-order valence-corrected chi connectivity index (χ1v) is 11.0. The maximum Gasteiger partial charge on any atom is 0.174 e. The summed E-state index contributed by atoms with van der Waals surface area (Å²) in [5.41, 5.74) is 2.54. The van der Waals surface area contributed by atoms with Crippen molar-refractivity contribution < 1.29 is 9.13 Å². The Labute approximate surface area is 196 Å². The summed E-state index contributed by atoms with van der Waals surface area (Å²) in [4.78, 5) is 8.98. The number of aromatic nitrogens is 5. The van der Waals surface area contributed by atoms with Gasteiger partial charge in [-0.3, -0.25) is 0 Å². The van der Waals surface area contributed by atoms with Gasteiger partial charge >= 0.3 is 0 Å². The predicted octanol–water partition coefficient (Wildman–Crippen LogP) is 4.69. The number of fused-ring (bicyclic) bond motifs is 1. The van der Waals surface area contributed by atoms with Gasteiger partial charge in [-0.1, -0.05) is 24.3 Å². The molecule has 0 aliphatic carbocycles. The lowest BCUT2D eigenvalue weighted by Gasteiger charge is -2.30. The Balaban J connectivity index is 1.46. The number of aryl methyl sites for hydroxylation is 2. The number of methoxy groups -OCH3 is 1. The third-order valence-corrected chi connectivity index (χ3v) is 6.14. The van der Waals surface area contributed by atoms with E-state index in [4.69, 9.17) is 9.72 Å². The van der Waals surface area contributed by atoms with Crippen molar-refractivity contribution in [1.82, 2.24) is 24.3 Å². The smallest absolute Gasteiger partial charge is 0.174 e. The molecule has 170 valence electrons. The monoisotopic (exact) mass is 454 g/mol. The lowest BCUT2D eigenvalue weighted by Crippen LogP contribution is -2.34. The van der Waals surface area contributed by atoms with E-state index in [1.807, 2.05) is 48.0 Å². The number of hydrogen-bond acceptors (Lipinski definition) is 5. The van der Waals surface area contributed by atoms with Gasteiger partial charge in [0.05, 0.1) is 30.9 Å². The molecule has 34 heavy (non-hydrogen) atoms. The number of halogens is 1. The molecular weight excluding hydrogens is 431 g/mol. The van der Waals surface area contributed by atoms with E-state index in [2.05, 4.69) is 16.2 Å². The molecule has 0 unspecified atom stereocenters. The average Bonchev–Trinajstić information content (AvgIpc) is 3.49. The molecule has 8 heteroatoms. The van der Waals surface area contributed by atoms with Gasteiger partial charge in [0.2, 0.25) is 0 Å². The molecule has 0 fully saturated rings. The zero-order chi connectivity index (χ0) is 23.7. The Kier molecular flexibility index (Phi) is 5.46. The van der Waals surface area contributed by atoms with E-state index in [1.54, 1.807) is 30.3 Å². The molecule has 2 aromatic heterocycles. The first-order chi connectivity index (χ1) is 16.5. The Morgan fingerprint density at radius 2 is 2.00 bits per heavy atom. The van der Waals surface area contributed by atoms with E-state index in [9.17, 15) is 9.65 Å². The fraction of sp³-hybridized carbons (Fsp3) is 0.231. The molecule has 0 bridgehead atoms. The van der Waals surface area contributed by atoms with Gasteiger partial charge in [0.25, 0.3) is 0 Å². The fourth-order valence-corrected chi connectivity index (χ4v) is 4.42. The van der Waals surface area contributed by atoms with Crippen LogP contribution in [0, 0.1) is 24.1 Å². The average molecular weight is 455 g/mol. The Morgan fingerprint density at radius 3 is 2.71 bits per heavy atom. The molecule has 0 amide bonds. The van der Waals surface area contributed by atoms with Crippen LogP contribution in [0.3, 0.4) is 0 Å². The molecule has 0 saturated heterocycles. The highest BCUT2D eigenvalue weighted by Crippen LogP contribution is 2.38. The molecule has 1 aliphatic heterocycles. The number of nitrogens with zero attached hydrogens (tertiary/aromatic N) is 6. The molecule has 1 atom stereocenters. The van der Waals surface area contributed by atoms with E-state index in [-0.39, 0.29) is 5.82 Å². The zero-order valence-corrected chi connectivity index (χ0v) is 18.9. The number of ether oxygens (including phenoxy) is 1. The van der Waals surface area contributed by atoms with Crippen LogP contribution in [0.2, 0.25) is 0 Å². The summed E-state index contributed by atoms with van der Waals surface area (Å²) in [7, 11) is 1.64. The molecule has 4 aromatic rings. The molecule has 0 radical (unpaired) electrons. The van der Waals surface area contributed by atoms with Gasteiger partial charge < -0.3 is 9.30 Å². The first-order valence-electron chi connectivity index (χ1n) is 11.0. The Morgan fingerprint density at radius 1 is 1.18 bits per heavy atom. The van der Waals surface area contributed by atoms with Crippen LogP contribution in [-0.2, 0) is 12.0 Å². The highest BCUT2D eigenvalue weighted by atomic mass is 19.1. The van der Waals surface area contributed by atoms with Crippen LogP contribution in [-0.4, -0.2) is 31.4 Å². The molecule has 7 nitrogen and oxygen atoms in total. The number of benzene rings is 2. The normalized spacial score (nSPS) is 17.5. The number of rotatable bonds is 5. The third-order valence-electron chi connectivity index (χ3n) is 6.14. The third kappa shape index (κ3) is 3.75. The van der Waals surface area contributed by atoms with Crippen LogP contribution >= 0.6 is 0 Å². The van der Waals surface area contributed by atoms with Crippen LogP contribution in [0.15, 0.2) is 55.0 Å². The van der Waals surface area contributed by atoms with Gasteiger partial charge in [-0.25, -0.2) is 19.0 Å². The summed E-state index contributed by atoms with van der Waals surface area (Å²) >= 11 is 0. The molecule has 0 N–H and O–H groups in total. The second kappa shape index (κ2) is 8.60. The summed E-state index contributed by atoms with van der Waals surface area (Å²) in [5.74, 6) is 1.50. The molecule has 2 aromatic carbocycles. The maximum absolute atomic E-state index is 13.5. The van der Waals surface area contributed by atoms with Crippen molar-refractivity contribution in [3.8, 4) is 17.5 Å². The molecule has 5 rings (SSSR count). The second-order valence-electron chi connectivity index (χ2n) is 8.33. The number of nitriles is 1. The van der Waals surface area contributed by atoms with Crippen LogP contribution < -0.4 is 4.74 Å². The van der Waals surface area contributed by atoms with Gasteiger partial charge in [0.1, 0.15) is 17.0 Å². The summed E-state index contributed by atoms with van der Waals surface area (Å²) in [6.45, 7) is 2.63. The van der Waals surface area contributed by atoms with E-state index >= 15 is 0 Å². The predicted molar refractivity (Wildman–Crippen MR) is 126 cm³/mol. The minimum atomic E-state index is -0.946. The van der Waals surface area contributed by atoms with Crippen LogP contribution in [0.5, 0.6) is 5.75 Å². The van der Waals surface area contributed by atoms with Crippen molar-refractivity contribution in [3.05, 3.63) is 89.3 Å². The number of imidazole rings is 1. The standard InChI is InChI=1S/C26H23FN6O/c1-18-15-32(17-29-18)22-10-4-19(14-23(22)34-2)5-11-24-30-25-26(16-28,12-3-13-33(25)31-24)20-6-8-21(27)9-7-20/h4-11,14-15,17H,3,12-13H2,1-2H3/b11-5+/t26-/m0/s1. The van der Waals surface area contributed by atoms with Crippen molar-refractivity contribution in [1.29, 1.82) is 5.26 Å². The van der Waals surface area contributed by atoms with Crippen molar-refractivity contribution >= 4 is 12.2 Å². The number of hydrogen-bond donors (Lipinski definition) is 0. The van der Waals surface area contributed by atoms with E-state index in [0.717, 1.165) is 34.7 Å². The topological polar surface area (TPSA) is 81.5 Å². The quantitative estimate of drug-likeness (QED) is 0.437. The van der Waals surface area contributed by atoms with Crippen molar-refractivity contribution in [2.45, 2.75) is 31.7 Å². The lowest BCUT2D eigenvalue weighted by molar-refractivity contribution is 0.392. The van der Waals surface area contributed by atoms with Crippen molar-refractivity contribution in [2.24, 2.45) is 0 Å². The minimum absolute atomic E-state index is 0.331. The SMILES string of the molecule is COc1cc(/C=C/c2nc3n(n2)CCC[C@]3(C#N)c2ccc(F)cc2)ccc1-n1cnc(C)c1. The molecule has 0 saturated carbocycles. The van der Waals surface area contributed by atoms with Gasteiger partial charge in [-0.05, 0) is 61.2 Å². The highest BCUT2D eigenvalue weighted by molar-refractivity contribution is 5.69. The molecule has 0 spiro atoms. The summed E-state index contributed by atoms with van der Waals surface area (Å²) in [6.07, 6.45) is 8.84. The Hall–Kier alpha value is -4.25. The van der Waals surface area contributed by atoms with E-state index in [1.165, 1.54) is 12.1 Å². The summed E-state index contributed by atoms with van der Waals surface area (Å²) in [6, 6.07) is 14.4. The molecule has 3 heterocycles. The van der Waals surface area contributed by atoms with Gasteiger partial charge in [-0.15, -0.1) is 0 Å². The second-order valence-corrected chi connectivity index (χ2v) is 8.33. The van der Waals surface area contributed by atoms with Gasteiger partial charge in [0.15, 0.2) is 11.6 Å². The molecule has 1 aliphatic rings. The van der Waals surface area contributed by atoms with Crippen LogP contribution in [0.4, 0.5) is 4.39 Å². The summed E-state index contributed by atoms with van der Waals surface area (Å²) in [5, 5.41) is 14.8. The largest absolute Gasteiger partial charge is 0.495 e. The van der Waals surface area contributed by atoms with Crippen molar-refractivity contribution in [3.63, 3.8) is 0 Å². The minimum Gasteiger partial charge on any atom is -0.495 e. The fourth-order valence-electron chi connectivity index (χ4n) is 4.42. The zero-order valence-electron chi connectivity index (χ0n) is 18.9. The lowest BCUT2D eigenvalue weighted by atomic mass is 9.75. The van der Waals surface area contributed by atoms with E-state index in [0.29, 0.717) is 24.6 Å². The maximum atomic E-state index is 13.5. The van der Waals surface area contributed by atoms with Gasteiger partial charge in [0, 0.05) is 12.7 Å². The molecular formula is C26H23FN6O. The van der Waals surface area contributed by atoms with Crippen LogP contribution in [0.1, 0.15) is 41.3 Å². The van der Waals surface area contributed by atoms with Gasteiger partial charge in [-0.2, -0.15) is 10.4 Å². The summed E-state index contributed by atoms with van der Waals surface area (Å²) < 4.78 is 22.8. The van der Waals surface area contributed by atoms with E-state index < -0.39 is 5.41 Å².